The van der Waals surface area contributed by atoms with E-state index in [4.69, 9.17) is 9.47 Å². The van der Waals surface area contributed by atoms with Crippen LogP contribution in [0.4, 0.5) is 14.5 Å². The van der Waals surface area contributed by atoms with Crippen LogP contribution in [0.15, 0.2) is 12.1 Å². The van der Waals surface area contributed by atoms with Crippen LogP contribution in [0.25, 0.3) is 0 Å². The highest BCUT2D eigenvalue weighted by Crippen LogP contribution is 2.32. The average Bonchev–Trinajstić information content (AvgIpc) is 2.52. The minimum atomic E-state index is -1.44. The zero-order chi connectivity index (χ0) is 16.1. The zero-order valence-electron chi connectivity index (χ0n) is 11.7. The molecule has 1 aliphatic heterocycles. The first-order chi connectivity index (χ1) is 10.5. The third-order valence-corrected chi connectivity index (χ3v) is 3.51. The SMILES string of the molecule is O=CC(COc1c([N+](=O)[O-])ccc(F)c1F)[C@@H]1CCCCO1. The number of nitrogens with zero attached hydrogens (tertiary/aromatic N) is 1. The Morgan fingerprint density at radius 1 is 1.45 bits per heavy atom. The molecule has 0 amide bonds. The highest BCUT2D eigenvalue weighted by atomic mass is 19.2. The van der Waals surface area contributed by atoms with E-state index in [0.29, 0.717) is 25.4 Å². The van der Waals surface area contributed by atoms with Gasteiger partial charge in [-0.15, -0.1) is 0 Å². The van der Waals surface area contributed by atoms with Gasteiger partial charge in [-0.05, 0) is 25.3 Å². The van der Waals surface area contributed by atoms with Gasteiger partial charge in [0.15, 0.2) is 5.82 Å². The monoisotopic (exact) mass is 315 g/mol. The van der Waals surface area contributed by atoms with Gasteiger partial charge in [0.25, 0.3) is 0 Å². The Bertz CT molecular complexity index is 560. The smallest absolute Gasteiger partial charge is 0.314 e. The van der Waals surface area contributed by atoms with Crippen molar-refractivity contribution in [1.82, 2.24) is 0 Å². The third-order valence-electron chi connectivity index (χ3n) is 3.51. The largest absolute Gasteiger partial charge is 0.484 e. The van der Waals surface area contributed by atoms with Crippen LogP contribution < -0.4 is 4.74 Å². The van der Waals surface area contributed by atoms with Crippen molar-refractivity contribution in [3.63, 3.8) is 0 Å². The maximum absolute atomic E-state index is 13.7. The minimum absolute atomic E-state index is 0.310. The van der Waals surface area contributed by atoms with Crippen molar-refractivity contribution >= 4 is 12.0 Å². The lowest BCUT2D eigenvalue weighted by Gasteiger charge is -2.27. The molecule has 1 aromatic carbocycles. The van der Waals surface area contributed by atoms with Gasteiger partial charge in [-0.3, -0.25) is 10.1 Å². The second-order valence-corrected chi connectivity index (χ2v) is 4.98. The Kier molecular flexibility index (Phi) is 5.37. The number of benzene rings is 1. The van der Waals surface area contributed by atoms with Crippen LogP contribution in [0.5, 0.6) is 5.75 Å². The Balaban J connectivity index is 2.14. The lowest BCUT2D eigenvalue weighted by atomic mass is 9.97. The van der Waals surface area contributed by atoms with Gasteiger partial charge in [0, 0.05) is 12.7 Å². The van der Waals surface area contributed by atoms with Crippen LogP contribution in [0.1, 0.15) is 19.3 Å². The minimum Gasteiger partial charge on any atom is -0.484 e. The lowest BCUT2D eigenvalue weighted by Crippen LogP contribution is -2.33. The number of rotatable bonds is 6. The molecule has 6 nitrogen and oxygen atoms in total. The van der Waals surface area contributed by atoms with Crippen molar-refractivity contribution in [2.24, 2.45) is 5.92 Å². The molecule has 22 heavy (non-hydrogen) atoms. The van der Waals surface area contributed by atoms with Crippen LogP contribution in [-0.2, 0) is 9.53 Å². The van der Waals surface area contributed by atoms with Crippen molar-refractivity contribution in [2.75, 3.05) is 13.2 Å². The molecule has 0 saturated carbocycles. The second-order valence-electron chi connectivity index (χ2n) is 4.98. The number of carbonyl (C=O) groups is 1. The maximum atomic E-state index is 13.7. The van der Waals surface area contributed by atoms with Crippen LogP contribution in [0.2, 0.25) is 0 Å². The fraction of sp³-hybridized carbons (Fsp3) is 0.500. The quantitative estimate of drug-likeness (QED) is 0.458. The Labute approximate surface area is 125 Å². The first-order valence-electron chi connectivity index (χ1n) is 6.86. The first-order valence-corrected chi connectivity index (χ1v) is 6.86. The van der Waals surface area contributed by atoms with Gasteiger partial charge < -0.3 is 14.3 Å². The van der Waals surface area contributed by atoms with Crippen molar-refractivity contribution < 1.29 is 28.0 Å². The van der Waals surface area contributed by atoms with E-state index < -0.39 is 33.9 Å². The zero-order valence-corrected chi connectivity index (χ0v) is 11.7. The van der Waals surface area contributed by atoms with E-state index in [9.17, 15) is 23.7 Å². The number of ether oxygens (including phenoxy) is 2. The van der Waals surface area contributed by atoms with Gasteiger partial charge in [0.05, 0.1) is 16.9 Å². The molecular weight excluding hydrogens is 300 g/mol. The first kappa shape index (κ1) is 16.3. The van der Waals surface area contributed by atoms with Crippen molar-refractivity contribution in [3.05, 3.63) is 33.9 Å². The Hall–Kier alpha value is -2.09. The molecular formula is C14H15F2NO5. The van der Waals surface area contributed by atoms with E-state index in [1.165, 1.54) is 0 Å². The van der Waals surface area contributed by atoms with Crippen molar-refractivity contribution in [3.8, 4) is 5.75 Å². The number of hydrogen-bond acceptors (Lipinski definition) is 5. The normalized spacial score (nSPS) is 19.5. The van der Waals surface area contributed by atoms with Gasteiger partial charge in [-0.1, -0.05) is 0 Å². The summed E-state index contributed by atoms with van der Waals surface area (Å²) < 4.78 is 37.4. The number of nitro groups is 1. The summed E-state index contributed by atoms with van der Waals surface area (Å²) in [6.07, 6.45) is 2.68. The lowest BCUT2D eigenvalue weighted by molar-refractivity contribution is -0.386. The van der Waals surface area contributed by atoms with E-state index in [2.05, 4.69) is 0 Å². The van der Waals surface area contributed by atoms with E-state index >= 15 is 0 Å². The molecule has 1 fully saturated rings. The van der Waals surface area contributed by atoms with E-state index in [-0.39, 0.29) is 12.7 Å². The van der Waals surface area contributed by atoms with Crippen LogP contribution >= 0.6 is 0 Å². The molecule has 120 valence electrons. The Morgan fingerprint density at radius 3 is 2.82 bits per heavy atom. The second kappa shape index (κ2) is 7.26. The summed E-state index contributed by atoms with van der Waals surface area (Å²) in [4.78, 5) is 21.1. The van der Waals surface area contributed by atoms with E-state index in [1.807, 2.05) is 0 Å². The summed E-state index contributed by atoms with van der Waals surface area (Å²) in [5, 5.41) is 10.8. The topological polar surface area (TPSA) is 78.7 Å². The summed E-state index contributed by atoms with van der Waals surface area (Å²) >= 11 is 0. The molecule has 1 aliphatic rings. The fourth-order valence-corrected chi connectivity index (χ4v) is 2.32. The molecule has 0 bridgehead atoms. The highest BCUT2D eigenvalue weighted by Gasteiger charge is 2.28. The predicted molar refractivity (Wildman–Crippen MR) is 71.7 cm³/mol. The summed E-state index contributed by atoms with van der Waals surface area (Å²) in [5.41, 5.74) is -0.687. The summed E-state index contributed by atoms with van der Waals surface area (Å²) in [7, 11) is 0. The summed E-state index contributed by atoms with van der Waals surface area (Å²) in [5.74, 6) is -4.18. The van der Waals surface area contributed by atoms with Crippen molar-refractivity contribution in [1.29, 1.82) is 0 Å². The van der Waals surface area contributed by atoms with Gasteiger partial charge in [-0.2, -0.15) is 4.39 Å². The van der Waals surface area contributed by atoms with E-state index in [0.717, 1.165) is 18.9 Å². The molecule has 1 heterocycles. The molecule has 8 heteroatoms. The Morgan fingerprint density at radius 2 is 2.23 bits per heavy atom. The number of carbonyl (C=O) groups excluding carboxylic acids is 1. The molecule has 2 rings (SSSR count). The number of nitro benzene ring substituents is 1. The highest BCUT2D eigenvalue weighted by molar-refractivity contribution is 5.55. The van der Waals surface area contributed by atoms with Gasteiger partial charge in [0.1, 0.15) is 12.9 Å². The van der Waals surface area contributed by atoms with E-state index in [1.54, 1.807) is 0 Å². The molecule has 1 unspecified atom stereocenters. The molecule has 0 radical (unpaired) electrons. The summed E-state index contributed by atoms with van der Waals surface area (Å²) in [6.45, 7) is 0.207. The standard InChI is InChI=1S/C14H15F2NO5/c15-10-4-5-11(17(19)20)14(13(10)16)22-8-9(7-18)12-3-1-2-6-21-12/h4-5,7,9,12H,1-3,6,8H2/t9?,12-/m0/s1. The third kappa shape index (κ3) is 3.56. The van der Waals surface area contributed by atoms with Crippen molar-refractivity contribution in [2.45, 2.75) is 25.4 Å². The molecule has 2 atom stereocenters. The van der Waals surface area contributed by atoms with Crippen LogP contribution in [0, 0.1) is 27.7 Å². The number of aldehydes is 1. The molecule has 1 saturated heterocycles. The average molecular weight is 315 g/mol. The number of halogens is 2. The molecule has 0 aliphatic carbocycles. The maximum Gasteiger partial charge on any atom is 0.314 e. The molecule has 0 aromatic heterocycles. The van der Waals surface area contributed by atoms with Gasteiger partial charge >= 0.3 is 5.69 Å². The molecule has 0 N–H and O–H groups in total. The number of hydrogen-bond donors (Lipinski definition) is 0. The van der Waals surface area contributed by atoms with Gasteiger partial charge in [-0.25, -0.2) is 4.39 Å². The van der Waals surface area contributed by atoms with Crippen LogP contribution in [0.3, 0.4) is 0 Å². The fourth-order valence-electron chi connectivity index (χ4n) is 2.32. The van der Waals surface area contributed by atoms with Crippen LogP contribution in [-0.4, -0.2) is 30.5 Å². The van der Waals surface area contributed by atoms with Gasteiger partial charge in [0.2, 0.25) is 11.6 Å². The molecule has 0 spiro atoms. The predicted octanol–water partition coefficient (Wildman–Crippen LogP) is 2.64. The summed E-state index contributed by atoms with van der Waals surface area (Å²) in [6, 6.07) is 1.47. The molecule has 1 aromatic rings.